The molecule has 1 saturated heterocycles. The molecule has 0 spiro atoms. The summed E-state index contributed by atoms with van der Waals surface area (Å²) in [6.45, 7) is 4.59. The van der Waals surface area contributed by atoms with Crippen LogP contribution in [-0.2, 0) is 10.8 Å². The van der Waals surface area contributed by atoms with Crippen molar-refractivity contribution in [3.05, 3.63) is 0 Å². The summed E-state index contributed by atoms with van der Waals surface area (Å²) in [5.74, 6) is 0.846. The second-order valence-corrected chi connectivity index (χ2v) is 6.08. The molecule has 90 valence electrons. The molecule has 3 unspecified atom stereocenters. The van der Waals surface area contributed by atoms with Gasteiger partial charge in [0.1, 0.15) is 0 Å². The molecule has 0 saturated carbocycles. The fourth-order valence-electron chi connectivity index (χ4n) is 2.29. The molecule has 1 aliphatic rings. The molecule has 0 aliphatic carbocycles. The van der Waals surface area contributed by atoms with E-state index >= 15 is 0 Å². The van der Waals surface area contributed by atoms with Crippen molar-refractivity contribution in [2.45, 2.75) is 38.3 Å². The van der Waals surface area contributed by atoms with Crippen LogP contribution in [-0.4, -0.2) is 53.3 Å². The second kappa shape index (κ2) is 6.61. The van der Waals surface area contributed by atoms with E-state index in [4.69, 9.17) is 0 Å². The van der Waals surface area contributed by atoms with E-state index in [1.807, 2.05) is 7.05 Å². The molecule has 0 bridgehead atoms. The van der Waals surface area contributed by atoms with E-state index in [0.717, 1.165) is 18.7 Å². The van der Waals surface area contributed by atoms with Gasteiger partial charge in [0.15, 0.2) is 0 Å². The predicted molar refractivity (Wildman–Crippen MR) is 66.7 cm³/mol. The fourth-order valence-corrected chi connectivity index (χ4v) is 2.82. The second-order valence-electron chi connectivity index (χ2n) is 4.53. The zero-order valence-electron chi connectivity index (χ0n) is 10.2. The molecule has 1 N–H and O–H groups in total. The number of nitrogens with zero attached hydrogens (tertiary/aromatic N) is 1. The highest BCUT2D eigenvalue weighted by Gasteiger charge is 2.23. The Hall–Kier alpha value is 0.0700. The Morgan fingerprint density at radius 3 is 2.80 bits per heavy atom. The van der Waals surface area contributed by atoms with E-state index in [-0.39, 0.29) is 0 Å². The SMILES string of the molecule is CNC1CCN(CCCS(C)=O)C(C)C1. The molecule has 3 atom stereocenters. The summed E-state index contributed by atoms with van der Waals surface area (Å²) < 4.78 is 10.9. The van der Waals surface area contributed by atoms with Crippen molar-refractivity contribution in [3.63, 3.8) is 0 Å². The standard InChI is InChI=1S/C11H24N2OS/c1-10-9-11(12-2)5-7-13(10)6-4-8-15(3)14/h10-12H,4-9H2,1-3H3. The van der Waals surface area contributed by atoms with Crippen LogP contribution in [0.3, 0.4) is 0 Å². The fraction of sp³-hybridized carbons (Fsp3) is 1.00. The molecule has 1 rings (SSSR count). The molecule has 0 aromatic heterocycles. The zero-order valence-corrected chi connectivity index (χ0v) is 11.0. The molecular formula is C11H24N2OS. The van der Waals surface area contributed by atoms with Gasteiger partial charge in [-0.15, -0.1) is 0 Å². The molecule has 1 aliphatic heterocycles. The van der Waals surface area contributed by atoms with Crippen LogP contribution in [0.25, 0.3) is 0 Å². The third kappa shape index (κ3) is 4.62. The maximum atomic E-state index is 10.9. The van der Waals surface area contributed by atoms with Crippen molar-refractivity contribution in [3.8, 4) is 0 Å². The quantitative estimate of drug-likeness (QED) is 0.762. The minimum Gasteiger partial charge on any atom is -0.317 e. The topological polar surface area (TPSA) is 32.3 Å². The largest absolute Gasteiger partial charge is 0.317 e. The Labute approximate surface area is 96.1 Å². The number of hydrogen-bond donors (Lipinski definition) is 1. The van der Waals surface area contributed by atoms with Crippen LogP contribution in [0.2, 0.25) is 0 Å². The molecule has 1 heterocycles. The zero-order chi connectivity index (χ0) is 11.3. The Bertz CT molecular complexity index is 211. The van der Waals surface area contributed by atoms with Gasteiger partial charge in [-0.3, -0.25) is 4.21 Å². The lowest BCUT2D eigenvalue weighted by Gasteiger charge is -2.37. The van der Waals surface area contributed by atoms with Gasteiger partial charge in [0.2, 0.25) is 0 Å². The number of likely N-dealkylation sites (tertiary alicyclic amines) is 1. The van der Waals surface area contributed by atoms with Crippen LogP contribution in [0.4, 0.5) is 0 Å². The van der Waals surface area contributed by atoms with Crippen LogP contribution in [0.15, 0.2) is 0 Å². The van der Waals surface area contributed by atoms with Gasteiger partial charge in [-0.1, -0.05) is 0 Å². The van der Waals surface area contributed by atoms with Crippen LogP contribution >= 0.6 is 0 Å². The molecule has 0 aromatic carbocycles. The van der Waals surface area contributed by atoms with E-state index in [0.29, 0.717) is 12.1 Å². The lowest BCUT2D eigenvalue weighted by atomic mass is 9.98. The first-order valence-corrected chi connectivity index (χ1v) is 7.57. The van der Waals surface area contributed by atoms with Gasteiger partial charge < -0.3 is 10.2 Å². The van der Waals surface area contributed by atoms with Crippen molar-refractivity contribution < 1.29 is 4.21 Å². The number of hydrogen-bond acceptors (Lipinski definition) is 3. The molecular weight excluding hydrogens is 208 g/mol. The van der Waals surface area contributed by atoms with Crippen molar-refractivity contribution in [1.29, 1.82) is 0 Å². The minimum absolute atomic E-state index is 0.629. The van der Waals surface area contributed by atoms with Crippen LogP contribution in [0, 0.1) is 0 Å². The third-order valence-electron chi connectivity index (χ3n) is 3.30. The van der Waals surface area contributed by atoms with Gasteiger partial charge in [-0.05, 0) is 46.3 Å². The first-order valence-electron chi connectivity index (χ1n) is 5.85. The minimum atomic E-state index is -0.629. The van der Waals surface area contributed by atoms with E-state index < -0.39 is 10.8 Å². The first kappa shape index (κ1) is 13.1. The molecule has 0 aromatic rings. The Balaban J connectivity index is 2.22. The highest BCUT2D eigenvalue weighted by molar-refractivity contribution is 7.84. The van der Waals surface area contributed by atoms with Gasteiger partial charge in [0.25, 0.3) is 0 Å². The predicted octanol–water partition coefficient (Wildman–Crippen LogP) is 0.827. The Morgan fingerprint density at radius 2 is 2.27 bits per heavy atom. The van der Waals surface area contributed by atoms with E-state index in [1.165, 1.54) is 19.4 Å². The van der Waals surface area contributed by atoms with Crippen molar-refractivity contribution in [1.82, 2.24) is 10.2 Å². The molecule has 3 nitrogen and oxygen atoms in total. The van der Waals surface area contributed by atoms with E-state index in [9.17, 15) is 4.21 Å². The van der Waals surface area contributed by atoms with Crippen LogP contribution < -0.4 is 5.32 Å². The summed E-state index contributed by atoms with van der Waals surface area (Å²) in [5.41, 5.74) is 0. The maximum absolute atomic E-state index is 10.9. The molecule has 0 amide bonds. The smallest absolute Gasteiger partial charge is 0.0244 e. The normalized spacial score (nSPS) is 30.3. The van der Waals surface area contributed by atoms with Crippen molar-refractivity contribution in [2.75, 3.05) is 32.1 Å². The van der Waals surface area contributed by atoms with Crippen molar-refractivity contribution in [2.24, 2.45) is 0 Å². The summed E-state index contributed by atoms with van der Waals surface area (Å²) in [4.78, 5) is 2.53. The first-order chi connectivity index (χ1) is 7.13. The average Bonchev–Trinajstić information content (AvgIpc) is 2.20. The molecule has 4 heteroatoms. The van der Waals surface area contributed by atoms with Crippen LogP contribution in [0.5, 0.6) is 0 Å². The summed E-state index contributed by atoms with van der Waals surface area (Å²) in [5, 5.41) is 3.35. The Kier molecular flexibility index (Phi) is 5.79. The monoisotopic (exact) mass is 232 g/mol. The number of rotatable bonds is 5. The highest BCUT2D eigenvalue weighted by atomic mass is 32.2. The summed E-state index contributed by atoms with van der Waals surface area (Å²) in [6, 6.07) is 1.36. The Morgan fingerprint density at radius 1 is 1.53 bits per heavy atom. The maximum Gasteiger partial charge on any atom is 0.0244 e. The van der Waals surface area contributed by atoms with Gasteiger partial charge in [-0.2, -0.15) is 0 Å². The number of piperidine rings is 1. The van der Waals surface area contributed by atoms with Gasteiger partial charge in [-0.25, -0.2) is 0 Å². The third-order valence-corrected chi connectivity index (χ3v) is 4.16. The molecule has 15 heavy (non-hydrogen) atoms. The molecule has 0 radical (unpaired) electrons. The average molecular weight is 232 g/mol. The lowest BCUT2D eigenvalue weighted by molar-refractivity contribution is 0.139. The van der Waals surface area contributed by atoms with Gasteiger partial charge >= 0.3 is 0 Å². The van der Waals surface area contributed by atoms with E-state index in [2.05, 4.69) is 17.1 Å². The molecule has 1 fully saturated rings. The van der Waals surface area contributed by atoms with Crippen molar-refractivity contribution >= 4 is 10.8 Å². The van der Waals surface area contributed by atoms with E-state index in [1.54, 1.807) is 6.26 Å². The summed E-state index contributed by atoms with van der Waals surface area (Å²) in [6.07, 6.45) is 5.34. The lowest BCUT2D eigenvalue weighted by Crippen LogP contribution is -2.46. The summed E-state index contributed by atoms with van der Waals surface area (Å²) >= 11 is 0. The summed E-state index contributed by atoms with van der Waals surface area (Å²) in [7, 11) is 1.42. The van der Waals surface area contributed by atoms with Crippen LogP contribution in [0.1, 0.15) is 26.2 Å². The van der Waals surface area contributed by atoms with Gasteiger partial charge in [0.05, 0.1) is 0 Å². The highest BCUT2D eigenvalue weighted by Crippen LogP contribution is 2.17. The van der Waals surface area contributed by atoms with Gasteiger partial charge in [0, 0.05) is 34.9 Å². The number of nitrogens with one attached hydrogen (secondary N) is 1.